The lowest BCUT2D eigenvalue weighted by Crippen LogP contribution is -2.43. The van der Waals surface area contributed by atoms with Crippen LogP contribution in [0.1, 0.15) is 62.0 Å². The van der Waals surface area contributed by atoms with Crippen LogP contribution in [0.25, 0.3) is 33.7 Å². The molecule has 244 valence electrons. The summed E-state index contributed by atoms with van der Waals surface area (Å²) >= 11 is 0. The number of fused-ring (bicyclic) bond motifs is 1. The van der Waals surface area contributed by atoms with Gasteiger partial charge in [0.05, 0.1) is 30.8 Å². The van der Waals surface area contributed by atoms with Gasteiger partial charge in [-0.1, -0.05) is 13.8 Å². The number of nitrogens with zero attached hydrogens (tertiary/aromatic N) is 4. The molecule has 1 saturated heterocycles. The Labute approximate surface area is 277 Å². The number of oxazole rings is 1. The molecule has 6 rings (SSSR count). The molecule has 0 aliphatic carbocycles. The van der Waals surface area contributed by atoms with Gasteiger partial charge < -0.3 is 19.2 Å². The van der Waals surface area contributed by atoms with Gasteiger partial charge in [-0.25, -0.2) is 19.2 Å². The number of halogens is 1. The number of cyclic esters (lactones) is 1. The van der Waals surface area contributed by atoms with Crippen molar-refractivity contribution in [2.75, 3.05) is 18.0 Å². The van der Waals surface area contributed by atoms with Crippen LogP contribution in [0.4, 0.5) is 15.0 Å². The smallest absolute Gasteiger partial charge is 0.416 e. The fraction of sp³-hybridized carbons (Fsp3) is 0.270. The zero-order valence-corrected chi connectivity index (χ0v) is 27.2. The van der Waals surface area contributed by atoms with Crippen molar-refractivity contribution in [1.29, 1.82) is 5.26 Å². The van der Waals surface area contributed by atoms with Crippen molar-refractivity contribution in [1.82, 2.24) is 15.3 Å². The third-order valence-electron chi connectivity index (χ3n) is 7.97. The Balaban J connectivity index is 1.11. The molecule has 1 aliphatic heterocycles. The molecule has 0 spiro atoms. The zero-order valence-electron chi connectivity index (χ0n) is 27.2. The van der Waals surface area contributed by atoms with Gasteiger partial charge in [-0.2, -0.15) is 5.26 Å². The number of amides is 2. The number of ether oxygens (including phenoxy) is 2. The van der Waals surface area contributed by atoms with Crippen molar-refractivity contribution in [3.63, 3.8) is 0 Å². The number of nitriles is 1. The average molecular weight is 648 g/mol. The van der Waals surface area contributed by atoms with E-state index in [1.165, 1.54) is 17.0 Å². The lowest BCUT2D eigenvalue weighted by atomic mass is 10.00. The number of hydrogen-bond acceptors (Lipinski definition) is 8. The van der Waals surface area contributed by atoms with Crippen LogP contribution >= 0.6 is 0 Å². The van der Waals surface area contributed by atoms with E-state index in [2.05, 4.69) is 21.4 Å². The normalized spacial score (nSPS) is 16.0. The highest BCUT2D eigenvalue weighted by Crippen LogP contribution is 2.34. The minimum Gasteiger partial charge on any atom is -0.490 e. The lowest BCUT2D eigenvalue weighted by molar-refractivity contribution is 0.0653. The molecule has 0 bridgehead atoms. The summed E-state index contributed by atoms with van der Waals surface area (Å²) in [6.07, 6.45) is 0.864. The number of aromatic nitrogens is 2. The summed E-state index contributed by atoms with van der Waals surface area (Å²) in [4.78, 5) is 36.4. The van der Waals surface area contributed by atoms with E-state index in [0.717, 1.165) is 5.56 Å². The summed E-state index contributed by atoms with van der Waals surface area (Å²) in [5, 5.41) is 12.3. The van der Waals surface area contributed by atoms with Gasteiger partial charge in [-0.15, -0.1) is 0 Å². The number of pyridine rings is 1. The molecule has 3 heterocycles. The second kappa shape index (κ2) is 12.8. The molecule has 10 nitrogen and oxygen atoms in total. The summed E-state index contributed by atoms with van der Waals surface area (Å²) in [6, 6.07) is 20.2. The van der Waals surface area contributed by atoms with Gasteiger partial charge in [0.25, 0.3) is 5.91 Å². The molecule has 0 saturated carbocycles. The predicted octanol–water partition coefficient (Wildman–Crippen LogP) is 7.62. The Hall–Kier alpha value is -5.76. The van der Waals surface area contributed by atoms with E-state index in [-0.39, 0.29) is 31.0 Å². The molecule has 0 radical (unpaired) electrons. The van der Waals surface area contributed by atoms with E-state index in [1.54, 1.807) is 61.7 Å². The van der Waals surface area contributed by atoms with Crippen LogP contribution < -0.4 is 15.0 Å². The van der Waals surface area contributed by atoms with Crippen LogP contribution in [0.5, 0.6) is 5.75 Å². The van der Waals surface area contributed by atoms with Gasteiger partial charge in [0, 0.05) is 34.0 Å². The van der Waals surface area contributed by atoms with Crippen molar-refractivity contribution < 1.29 is 27.9 Å². The first-order valence-electron chi connectivity index (χ1n) is 15.6. The van der Waals surface area contributed by atoms with Gasteiger partial charge in [0.1, 0.15) is 28.5 Å². The zero-order chi connectivity index (χ0) is 34.2. The van der Waals surface area contributed by atoms with E-state index in [1.807, 2.05) is 33.8 Å². The first-order chi connectivity index (χ1) is 22.9. The minimum absolute atomic E-state index is 0.0669. The van der Waals surface area contributed by atoms with E-state index in [0.29, 0.717) is 56.4 Å². The Morgan fingerprint density at radius 1 is 1.08 bits per heavy atom. The van der Waals surface area contributed by atoms with E-state index < -0.39 is 17.5 Å². The van der Waals surface area contributed by atoms with E-state index in [4.69, 9.17) is 13.9 Å². The second-order valence-electron chi connectivity index (χ2n) is 12.6. The maximum Gasteiger partial charge on any atom is 0.416 e. The molecule has 11 heteroatoms. The molecule has 48 heavy (non-hydrogen) atoms. The number of nitrogens with one attached hydrogen (secondary N) is 1. The molecule has 1 fully saturated rings. The van der Waals surface area contributed by atoms with Gasteiger partial charge in [-0.3, -0.25) is 9.69 Å². The Morgan fingerprint density at radius 2 is 1.83 bits per heavy atom. The molecule has 1 N–H and O–H groups in total. The Bertz CT molecular complexity index is 2050. The van der Waals surface area contributed by atoms with Gasteiger partial charge >= 0.3 is 6.09 Å². The van der Waals surface area contributed by atoms with Crippen LogP contribution in [0.3, 0.4) is 0 Å². The van der Waals surface area contributed by atoms with Crippen LogP contribution in [-0.2, 0) is 4.74 Å². The lowest BCUT2D eigenvalue weighted by Gasteiger charge is -2.22. The van der Waals surface area contributed by atoms with Crippen molar-refractivity contribution in [2.24, 2.45) is 0 Å². The fourth-order valence-corrected chi connectivity index (χ4v) is 5.56. The number of benzene rings is 3. The molecule has 3 aromatic carbocycles. The SMILES string of the molecule is CC(C)Oc1ccc(F)cc1-c1ccc(N2CC(C)(CNC(=O)c3ccc(-c4nc5cc(C#N)cc(C(C)C)c5o4)cc3)OC2=O)nc1. The number of hydrogen-bond donors (Lipinski definition) is 1. The Kier molecular flexibility index (Phi) is 8.58. The molecule has 2 amide bonds. The van der Waals surface area contributed by atoms with Crippen LogP contribution in [0, 0.1) is 17.1 Å². The van der Waals surface area contributed by atoms with Crippen molar-refractivity contribution in [3.05, 3.63) is 95.4 Å². The van der Waals surface area contributed by atoms with Crippen LogP contribution in [0.15, 0.2) is 77.3 Å². The molecule has 1 aliphatic rings. The third kappa shape index (κ3) is 6.55. The summed E-state index contributed by atoms with van der Waals surface area (Å²) < 4.78 is 31.6. The first-order valence-corrected chi connectivity index (χ1v) is 15.6. The molecule has 1 atom stereocenters. The first kappa shape index (κ1) is 32.2. The van der Waals surface area contributed by atoms with Crippen molar-refractivity contribution in [2.45, 2.75) is 52.2 Å². The topological polar surface area (TPSA) is 131 Å². The van der Waals surface area contributed by atoms with E-state index >= 15 is 0 Å². The number of anilines is 1. The summed E-state index contributed by atoms with van der Waals surface area (Å²) in [6.45, 7) is 9.79. The van der Waals surface area contributed by atoms with Gasteiger partial charge in [0.2, 0.25) is 5.89 Å². The fourth-order valence-electron chi connectivity index (χ4n) is 5.56. The molecular weight excluding hydrogens is 613 g/mol. The van der Waals surface area contributed by atoms with Crippen molar-refractivity contribution >= 4 is 28.9 Å². The molecule has 2 aromatic heterocycles. The average Bonchev–Trinajstić information content (AvgIpc) is 3.64. The predicted molar refractivity (Wildman–Crippen MR) is 178 cm³/mol. The molecule has 1 unspecified atom stereocenters. The van der Waals surface area contributed by atoms with Gasteiger partial charge in [-0.05, 0) is 93.4 Å². The molecule has 5 aromatic rings. The van der Waals surface area contributed by atoms with Crippen molar-refractivity contribution in [3.8, 4) is 34.4 Å². The molecular formula is C37H34FN5O5. The monoisotopic (exact) mass is 647 g/mol. The third-order valence-corrected chi connectivity index (χ3v) is 7.97. The highest BCUT2D eigenvalue weighted by Gasteiger charge is 2.43. The van der Waals surface area contributed by atoms with Crippen LogP contribution in [0.2, 0.25) is 0 Å². The standard InChI is InChI=1S/C37H34FN5O5/c1-21(2)28-14-23(17-39)15-30-33(28)47-35(42-30)25-8-6-24(7-9-25)34(44)41-19-37(5)20-43(36(45)48-37)32-13-10-26(18-40-32)29-16-27(38)11-12-31(29)46-22(3)4/h6-16,18,21-22H,19-20H2,1-5H3,(H,41,44). The maximum absolute atomic E-state index is 14.1. The largest absolute Gasteiger partial charge is 0.490 e. The summed E-state index contributed by atoms with van der Waals surface area (Å²) in [7, 11) is 0. The Morgan fingerprint density at radius 3 is 2.50 bits per heavy atom. The van der Waals surface area contributed by atoms with E-state index in [9.17, 15) is 19.2 Å². The summed E-state index contributed by atoms with van der Waals surface area (Å²) in [5.41, 5.74) is 3.92. The maximum atomic E-state index is 14.1. The number of carbonyl (C=O) groups is 2. The highest BCUT2D eigenvalue weighted by atomic mass is 19.1. The second-order valence-corrected chi connectivity index (χ2v) is 12.6. The number of rotatable bonds is 9. The van der Waals surface area contributed by atoms with Gasteiger partial charge in [0.15, 0.2) is 5.58 Å². The van der Waals surface area contributed by atoms with Crippen LogP contribution in [-0.4, -0.2) is 46.8 Å². The summed E-state index contributed by atoms with van der Waals surface area (Å²) in [5.74, 6) is 0.680. The quantitative estimate of drug-likeness (QED) is 0.173. The minimum atomic E-state index is -1.01. The highest BCUT2D eigenvalue weighted by molar-refractivity contribution is 5.95. The number of carbonyl (C=O) groups excluding carboxylic acids is 2.